The summed E-state index contributed by atoms with van der Waals surface area (Å²) in [5.74, 6) is -0.491. The quantitative estimate of drug-likeness (QED) is 0.210. The van der Waals surface area contributed by atoms with E-state index < -0.39 is 12.4 Å². The number of para-hydroxylation sites is 2. The summed E-state index contributed by atoms with van der Waals surface area (Å²) < 4.78 is 55.6. The minimum atomic E-state index is -3.11. The Hall–Kier alpha value is -5.86. The van der Waals surface area contributed by atoms with Crippen molar-refractivity contribution in [2.75, 3.05) is 51.3 Å². The first-order valence-electron chi connectivity index (χ1n) is 16.5. The summed E-state index contributed by atoms with van der Waals surface area (Å²) in [5.41, 5.74) is 2.37. The number of aromatic nitrogens is 5. The molecule has 0 radical (unpaired) electrons. The maximum Gasteiger partial charge on any atom is 0.387 e. The molecule has 7 rings (SSSR count). The zero-order valence-electron chi connectivity index (χ0n) is 27.8. The van der Waals surface area contributed by atoms with E-state index in [1.54, 1.807) is 39.9 Å². The van der Waals surface area contributed by atoms with Crippen molar-refractivity contribution in [3.05, 3.63) is 90.4 Å². The molecule has 2 aliphatic rings. The molecule has 3 aromatic heterocycles. The van der Waals surface area contributed by atoms with Gasteiger partial charge in [0.1, 0.15) is 17.2 Å². The molecule has 2 aliphatic heterocycles. The Kier molecular flexibility index (Phi) is 9.59. The molecular weight excluding hydrogens is 665 g/mol. The van der Waals surface area contributed by atoms with E-state index in [2.05, 4.69) is 25.2 Å². The first-order chi connectivity index (χ1) is 24.8. The van der Waals surface area contributed by atoms with Crippen LogP contribution < -0.4 is 14.4 Å². The summed E-state index contributed by atoms with van der Waals surface area (Å²) in [4.78, 5) is 39.7. The average Bonchev–Trinajstić information content (AvgIpc) is 3.85. The minimum Gasteiger partial charge on any atom is -0.495 e. The Morgan fingerprint density at radius 2 is 1.78 bits per heavy atom. The van der Waals surface area contributed by atoms with Crippen LogP contribution in [0.4, 0.5) is 18.9 Å². The number of halogens is 3. The molecule has 1 saturated heterocycles. The normalized spacial score (nSPS) is 15.0. The number of anilines is 1. The molecule has 2 aromatic carbocycles. The van der Waals surface area contributed by atoms with Crippen LogP contribution in [-0.2, 0) is 11.3 Å². The molecule has 1 N–H and O–H groups in total. The summed E-state index contributed by atoms with van der Waals surface area (Å²) in [6, 6.07) is 12.1. The molecule has 51 heavy (non-hydrogen) atoms. The number of methoxy groups -OCH3 is 1. The molecule has 5 aromatic rings. The Morgan fingerprint density at radius 1 is 0.961 bits per heavy atom. The van der Waals surface area contributed by atoms with E-state index in [4.69, 9.17) is 9.47 Å². The van der Waals surface area contributed by atoms with Crippen LogP contribution in [0.1, 0.15) is 28.9 Å². The summed E-state index contributed by atoms with van der Waals surface area (Å²) >= 11 is 0. The Bertz CT molecular complexity index is 2080. The van der Waals surface area contributed by atoms with Crippen LogP contribution in [0.5, 0.6) is 11.5 Å². The number of nitrogens with zero attached hydrogens (tertiary/aromatic N) is 7. The smallest absolute Gasteiger partial charge is 0.387 e. The van der Waals surface area contributed by atoms with Gasteiger partial charge < -0.3 is 29.2 Å². The molecule has 0 atom stereocenters. The van der Waals surface area contributed by atoms with E-state index in [0.717, 1.165) is 11.4 Å². The number of fused-ring (bicyclic) bond motifs is 1. The molecule has 0 bridgehead atoms. The number of nitrogens with one attached hydrogen (secondary N) is 1. The second kappa shape index (κ2) is 14.5. The van der Waals surface area contributed by atoms with Crippen molar-refractivity contribution in [2.45, 2.75) is 26.0 Å². The molecule has 0 spiro atoms. The predicted molar refractivity (Wildman–Crippen MR) is 183 cm³/mol. The maximum absolute atomic E-state index is 16.6. The van der Waals surface area contributed by atoms with E-state index in [-0.39, 0.29) is 52.9 Å². The largest absolute Gasteiger partial charge is 0.495 e. The number of carbonyl (C=O) groups is 2. The lowest BCUT2D eigenvalue weighted by Crippen LogP contribution is -2.49. The fourth-order valence-corrected chi connectivity index (χ4v) is 6.70. The lowest BCUT2D eigenvalue weighted by Gasteiger charge is -2.36. The number of benzene rings is 2. The van der Waals surface area contributed by atoms with Crippen molar-refractivity contribution >= 4 is 34.0 Å². The van der Waals surface area contributed by atoms with Crippen molar-refractivity contribution in [2.24, 2.45) is 0 Å². The molecule has 264 valence electrons. The number of aryl methyl sites for hydroxylation is 1. The zero-order chi connectivity index (χ0) is 35.5. The number of piperazine rings is 1. The number of alkyl halides is 2. The highest BCUT2D eigenvalue weighted by Gasteiger charge is 2.29. The number of amides is 2. The van der Waals surface area contributed by atoms with Gasteiger partial charge in [-0.1, -0.05) is 23.4 Å². The number of hydrogen-bond acceptors (Lipinski definition) is 8. The van der Waals surface area contributed by atoms with Crippen molar-refractivity contribution in [1.82, 2.24) is 34.8 Å². The monoisotopic (exact) mass is 700 g/mol. The first-order valence-corrected chi connectivity index (χ1v) is 16.5. The van der Waals surface area contributed by atoms with Crippen LogP contribution in [0.15, 0.2) is 73.3 Å². The SMILES string of the molecule is COc1ccccc1N1CCN(C(=O)c2cc3c(-c4cnccc4OC(F)F)cc(C4=CCCN(C(=O)CCn5ccnn5)C4)c(F)c3[nH]2)CC1. The molecular formula is C36H35F3N8O4. The second-order valence-electron chi connectivity index (χ2n) is 12.2. The molecule has 1 fully saturated rings. The van der Waals surface area contributed by atoms with Gasteiger partial charge in [0.25, 0.3) is 5.91 Å². The first kappa shape index (κ1) is 33.6. The van der Waals surface area contributed by atoms with Crippen LogP contribution in [0, 0.1) is 5.82 Å². The maximum atomic E-state index is 16.6. The van der Waals surface area contributed by atoms with Gasteiger partial charge in [0.05, 0.1) is 31.1 Å². The van der Waals surface area contributed by atoms with Gasteiger partial charge >= 0.3 is 6.61 Å². The van der Waals surface area contributed by atoms with Crippen molar-refractivity contribution in [1.29, 1.82) is 0 Å². The van der Waals surface area contributed by atoms with Gasteiger partial charge in [-0.3, -0.25) is 19.3 Å². The number of ether oxygens (including phenoxy) is 2. The topological polar surface area (TPSA) is 122 Å². The fraction of sp³-hybridized carbons (Fsp3) is 0.306. The lowest BCUT2D eigenvalue weighted by molar-refractivity contribution is -0.131. The van der Waals surface area contributed by atoms with Gasteiger partial charge in [0, 0.05) is 80.8 Å². The highest BCUT2D eigenvalue weighted by atomic mass is 19.3. The molecule has 0 saturated carbocycles. The van der Waals surface area contributed by atoms with Gasteiger partial charge in [-0.2, -0.15) is 8.78 Å². The van der Waals surface area contributed by atoms with Crippen LogP contribution in [0.25, 0.3) is 27.6 Å². The van der Waals surface area contributed by atoms with Crippen molar-refractivity contribution < 1.29 is 32.2 Å². The third-order valence-electron chi connectivity index (χ3n) is 9.24. The number of rotatable bonds is 10. The third-order valence-corrected chi connectivity index (χ3v) is 9.24. The van der Waals surface area contributed by atoms with E-state index in [9.17, 15) is 18.4 Å². The van der Waals surface area contributed by atoms with Crippen LogP contribution in [0.3, 0.4) is 0 Å². The van der Waals surface area contributed by atoms with Gasteiger partial charge in [-0.05, 0) is 47.9 Å². The zero-order valence-corrected chi connectivity index (χ0v) is 27.8. The third kappa shape index (κ3) is 6.96. The number of aromatic amines is 1. The van der Waals surface area contributed by atoms with E-state index in [0.29, 0.717) is 62.2 Å². The van der Waals surface area contributed by atoms with Crippen LogP contribution >= 0.6 is 0 Å². The summed E-state index contributed by atoms with van der Waals surface area (Å²) in [5, 5.41) is 7.97. The van der Waals surface area contributed by atoms with Gasteiger partial charge in [-0.15, -0.1) is 5.10 Å². The highest BCUT2D eigenvalue weighted by Crippen LogP contribution is 2.40. The molecule has 15 heteroatoms. The number of carbonyl (C=O) groups excluding carboxylic acids is 2. The Morgan fingerprint density at radius 3 is 2.55 bits per heavy atom. The summed E-state index contributed by atoms with van der Waals surface area (Å²) in [6.07, 6.45) is 8.43. The summed E-state index contributed by atoms with van der Waals surface area (Å²) in [6.45, 7) is -0.236. The molecule has 12 nitrogen and oxygen atoms in total. The lowest BCUT2D eigenvalue weighted by atomic mass is 9.93. The molecule has 5 heterocycles. The van der Waals surface area contributed by atoms with Gasteiger partial charge in [-0.25, -0.2) is 4.39 Å². The van der Waals surface area contributed by atoms with Gasteiger partial charge in [0.2, 0.25) is 5.91 Å². The standard InChI is InChI=1S/C36H35F3N8O4/c1-50-31-7-3-2-6-29(31)44-15-17-45(18-16-44)35(49)28-20-26-25(27-21-40-10-8-30(27)51-36(38)39)19-24(33(37)34(26)42-28)23-5-4-12-46(22-23)32(48)9-13-47-14-11-41-43-47/h2-3,5-8,10-11,14,19-21,36,42H,4,9,12-13,15-18,22H2,1H3. The Balaban J connectivity index is 1.21. The average molecular weight is 701 g/mol. The van der Waals surface area contributed by atoms with Gasteiger partial charge in [0.15, 0.2) is 5.82 Å². The summed E-state index contributed by atoms with van der Waals surface area (Å²) in [7, 11) is 1.62. The molecule has 0 unspecified atom stereocenters. The second-order valence-corrected chi connectivity index (χ2v) is 12.2. The van der Waals surface area contributed by atoms with E-state index >= 15 is 4.39 Å². The number of hydrogen-bond donors (Lipinski definition) is 1. The van der Waals surface area contributed by atoms with E-state index in [1.807, 2.05) is 30.3 Å². The van der Waals surface area contributed by atoms with Crippen molar-refractivity contribution in [3.63, 3.8) is 0 Å². The fourth-order valence-electron chi connectivity index (χ4n) is 6.70. The van der Waals surface area contributed by atoms with Crippen LogP contribution in [-0.4, -0.2) is 99.6 Å². The minimum absolute atomic E-state index is 0.0286. The molecule has 0 aliphatic carbocycles. The highest BCUT2D eigenvalue weighted by molar-refractivity contribution is 6.05. The van der Waals surface area contributed by atoms with Crippen molar-refractivity contribution in [3.8, 4) is 22.6 Å². The number of pyridine rings is 1. The predicted octanol–water partition coefficient (Wildman–Crippen LogP) is 5.24. The molecule has 2 amide bonds. The number of H-pyrrole nitrogens is 1. The van der Waals surface area contributed by atoms with Crippen LogP contribution in [0.2, 0.25) is 0 Å². The van der Waals surface area contributed by atoms with E-state index in [1.165, 1.54) is 24.7 Å². The Labute approximate surface area is 291 Å².